The van der Waals surface area contributed by atoms with Gasteiger partial charge in [-0.2, -0.15) is 0 Å². The number of carboxylic acid groups (broad SMARTS) is 2. The highest BCUT2D eigenvalue weighted by Crippen LogP contribution is 2.11. The van der Waals surface area contributed by atoms with Gasteiger partial charge in [-0.3, -0.25) is 24.0 Å². The molecule has 0 aromatic rings. The topological polar surface area (TPSA) is 217 Å². The summed E-state index contributed by atoms with van der Waals surface area (Å²) in [6.07, 6.45) is 0.502. The molecule has 0 saturated carbocycles. The van der Waals surface area contributed by atoms with Crippen LogP contribution in [0.25, 0.3) is 0 Å². The maximum Gasteiger partial charge on any atom is 0.326 e. The summed E-state index contributed by atoms with van der Waals surface area (Å²) < 4.78 is 0. The van der Waals surface area contributed by atoms with Crippen LogP contribution in [-0.4, -0.2) is 76.5 Å². The Balaban J connectivity index is 5.46. The predicted molar refractivity (Wildman–Crippen MR) is 135 cm³/mol. The van der Waals surface area contributed by atoms with Crippen LogP contribution in [0.5, 0.6) is 0 Å². The Kier molecular flexibility index (Phi) is 15.1. The summed E-state index contributed by atoms with van der Waals surface area (Å²) in [5.41, 5.74) is 5.82. The van der Waals surface area contributed by atoms with E-state index < -0.39 is 72.7 Å². The fourth-order valence-corrected chi connectivity index (χ4v) is 3.34. The molecular weight excluding hydrogens is 486 g/mol. The molecule has 8 N–H and O–H groups in total. The number of carbonyl (C=O) groups excluding carboxylic acids is 4. The minimum Gasteiger partial charge on any atom is -0.481 e. The van der Waals surface area contributed by atoms with Crippen molar-refractivity contribution in [2.75, 3.05) is 6.54 Å². The van der Waals surface area contributed by atoms with Gasteiger partial charge in [0.25, 0.3) is 0 Å². The van der Waals surface area contributed by atoms with E-state index in [1.165, 1.54) is 0 Å². The molecule has 0 spiro atoms. The van der Waals surface area contributed by atoms with E-state index in [-0.39, 0.29) is 24.2 Å². The van der Waals surface area contributed by atoms with Crippen LogP contribution in [0.4, 0.5) is 0 Å². The molecule has 0 bridgehead atoms. The third kappa shape index (κ3) is 12.5. The minimum atomic E-state index is -1.54. The number of hydrogen-bond acceptors (Lipinski definition) is 7. The summed E-state index contributed by atoms with van der Waals surface area (Å²) in [6.45, 7) is 10.1. The first-order chi connectivity index (χ1) is 17.1. The van der Waals surface area contributed by atoms with E-state index in [0.717, 1.165) is 0 Å². The molecule has 0 aliphatic heterocycles. The molecule has 0 radical (unpaired) electrons. The fourth-order valence-electron chi connectivity index (χ4n) is 3.34. The van der Waals surface area contributed by atoms with Gasteiger partial charge in [-0.15, -0.1) is 0 Å². The fraction of sp³-hybridized carbons (Fsp3) is 0.750. The Morgan fingerprint density at radius 1 is 0.757 bits per heavy atom. The average molecular weight is 530 g/mol. The van der Waals surface area contributed by atoms with Gasteiger partial charge >= 0.3 is 11.9 Å². The summed E-state index contributed by atoms with van der Waals surface area (Å²) >= 11 is 0. The van der Waals surface area contributed by atoms with E-state index in [0.29, 0.717) is 12.8 Å². The molecule has 0 rings (SSSR count). The lowest BCUT2D eigenvalue weighted by atomic mass is 9.97. The summed E-state index contributed by atoms with van der Waals surface area (Å²) in [5.74, 6) is -6.24. The molecule has 0 saturated heterocycles. The highest BCUT2D eigenvalue weighted by molar-refractivity contribution is 5.95. The van der Waals surface area contributed by atoms with E-state index >= 15 is 0 Å². The largest absolute Gasteiger partial charge is 0.481 e. The Labute approximate surface area is 217 Å². The third-order valence-electron chi connectivity index (χ3n) is 6.13. The van der Waals surface area contributed by atoms with Gasteiger partial charge in [0.1, 0.15) is 18.1 Å². The standard InChI is InChI=1S/C24H43N5O8/c1-7-13(5)19(25)23(35)26-11-17(30)27-16(10-18(31)32)21(33)28-15(9-12(3)4)22(34)29-20(24(36)37)14(6)8-2/h12-16,19-20H,7-11,25H2,1-6H3,(H,26,35)(H,27,30)(H,28,33)(H,29,34)(H,31,32)(H,36,37)/t13-,14+,15-,16-,19-,20-/m1/s1. The van der Waals surface area contributed by atoms with Gasteiger partial charge < -0.3 is 37.2 Å². The number of hydrogen-bond donors (Lipinski definition) is 7. The maximum absolute atomic E-state index is 12.9. The van der Waals surface area contributed by atoms with E-state index in [1.807, 2.05) is 6.92 Å². The highest BCUT2D eigenvalue weighted by Gasteiger charge is 2.32. The predicted octanol–water partition coefficient (Wildman–Crippen LogP) is -0.418. The summed E-state index contributed by atoms with van der Waals surface area (Å²) in [5, 5.41) is 28.2. The molecule has 0 unspecified atom stereocenters. The number of nitrogens with one attached hydrogen (secondary N) is 4. The lowest BCUT2D eigenvalue weighted by Gasteiger charge is -2.26. The average Bonchev–Trinajstić information content (AvgIpc) is 2.82. The highest BCUT2D eigenvalue weighted by atomic mass is 16.4. The van der Waals surface area contributed by atoms with Crippen LogP contribution in [0.2, 0.25) is 0 Å². The molecule has 37 heavy (non-hydrogen) atoms. The maximum atomic E-state index is 12.9. The molecule has 0 fully saturated rings. The van der Waals surface area contributed by atoms with Crippen molar-refractivity contribution in [3.8, 4) is 0 Å². The Bertz CT molecular complexity index is 819. The first-order valence-corrected chi connectivity index (χ1v) is 12.5. The Morgan fingerprint density at radius 3 is 1.76 bits per heavy atom. The van der Waals surface area contributed by atoms with Crippen LogP contribution in [0.1, 0.15) is 67.2 Å². The van der Waals surface area contributed by atoms with Crippen LogP contribution in [0, 0.1) is 17.8 Å². The molecule has 13 nitrogen and oxygen atoms in total. The van der Waals surface area contributed by atoms with Crippen LogP contribution >= 0.6 is 0 Å². The van der Waals surface area contributed by atoms with Crippen LogP contribution in [-0.2, 0) is 28.8 Å². The zero-order chi connectivity index (χ0) is 28.9. The van der Waals surface area contributed by atoms with E-state index in [2.05, 4.69) is 21.3 Å². The van der Waals surface area contributed by atoms with Crippen molar-refractivity contribution in [3.63, 3.8) is 0 Å². The van der Waals surface area contributed by atoms with Crippen molar-refractivity contribution in [2.45, 2.75) is 91.4 Å². The molecule has 0 heterocycles. The monoisotopic (exact) mass is 529 g/mol. The van der Waals surface area contributed by atoms with Crippen molar-refractivity contribution in [2.24, 2.45) is 23.5 Å². The van der Waals surface area contributed by atoms with E-state index in [9.17, 15) is 39.0 Å². The van der Waals surface area contributed by atoms with Gasteiger partial charge in [0.15, 0.2) is 0 Å². The summed E-state index contributed by atoms with van der Waals surface area (Å²) in [7, 11) is 0. The number of rotatable bonds is 17. The number of nitrogens with two attached hydrogens (primary N) is 1. The molecule has 0 aromatic carbocycles. The second-order valence-electron chi connectivity index (χ2n) is 9.75. The van der Waals surface area contributed by atoms with Crippen molar-refractivity contribution in [1.82, 2.24) is 21.3 Å². The van der Waals surface area contributed by atoms with Gasteiger partial charge in [-0.25, -0.2) is 4.79 Å². The van der Waals surface area contributed by atoms with Gasteiger partial charge in [0, 0.05) is 0 Å². The summed E-state index contributed by atoms with van der Waals surface area (Å²) in [6, 6.07) is -4.72. The molecule has 6 atom stereocenters. The first-order valence-electron chi connectivity index (χ1n) is 12.5. The van der Waals surface area contributed by atoms with Crippen molar-refractivity contribution < 1.29 is 39.0 Å². The van der Waals surface area contributed by atoms with Gasteiger partial charge in [0.2, 0.25) is 23.6 Å². The lowest BCUT2D eigenvalue weighted by Crippen LogP contribution is -2.58. The van der Waals surface area contributed by atoms with Gasteiger partial charge in [-0.05, 0) is 24.2 Å². The first kappa shape index (κ1) is 33.8. The number of carbonyl (C=O) groups is 6. The van der Waals surface area contributed by atoms with Crippen molar-refractivity contribution in [3.05, 3.63) is 0 Å². The molecule has 0 aromatic heterocycles. The zero-order valence-corrected chi connectivity index (χ0v) is 22.5. The normalized spacial score (nSPS) is 15.9. The third-order valence-corrected chi connectivity index (χ3v) is 6.13. The Morgan fingerprint density at radius 2 is 1.30 bits per heavy atom. The molecule has 0 aliphatic rings. The number of carboxylic acids is 2. The van der Waals surface area contributed by atoms with Gasteiger partial charge in [0.05, 0.1) is 19.0 Å². The van der Waals surface area contributed by atoms with Crippen LogP contribution < -0.4 is 27.0 Å². The summed E-state index contributed by atoms with van der Waals surface area (Å²) in [4.78, 5) is 73.2. The molecule has 0 aliphatic carbocycles. The number of aliphatic carboxylic acids is 2. The SMILES string of the molecule is CC[C@@H](C)[C@@H](N)C(=O)NCC(=O)N[C@H](CC(=O)O)C(=O)N[C@H](CC(C)C)C(=O)N[C@@H](C(=O)O)[C@@H](C)CC. The lowest BCUT2D eigenvalue weighted by molar-refractivity contribution is -0.144. The van der Waals surface area contributed by atoms with Crippen LogP contribution in [0.3, 0.4) is 0 Å². The van der Waals surface area contributed by atoms with Crippen molar-refractivity contribution in [1.29, 1.82) is 0 Å². The smallest absolute Gasteiger partial charge is 0.326 e. The minimum absolute atomic E-state index is 0.0830. The molecule has 212 valence electrons. The molecular formula is C24H43N5O8. The Hall–Kier alpha value is -3.22. The second kappa shape index (κ2) is 16.5. The van der Waals surface area contributed by atoms with Gasteiger partial charge in [-0.1, -0.05) is 54.4 Å². The molecule has 4 amide bonds. The van der Waals surface area contributed by atoms with Crippen molar-refractivity contribution >= 4 is 35.6 Å². The van der Waals surface area contributed by atoms with E-state index in [4.69, 9.17) is 5.73 Å². The van der Waals surface area contributed by atoms with E-state index in [1.54, 1.807) is 34.6 Å². The number of amides is 4. The molecule has 13 heteroatoms. The zero-order valence-electron chi connectivity index (χ0n) is 22.5. The van der Waals surface area contributed by atoms with Crippen LogP contribution in [0.15, 0.2) is 0 Å². The second-order valence-corrected chi connectivity index (χ2v) is 9.75. The quantitative estimate of drug-likeness (QED) is 0.130.